The van der Waals surface area contributed by atoms with Gasteiger partial charge in [0.15, 0.2) is 11.6 Å². The number of fused-ring (bicyclic) bond motifs is 2. The molecule has 3 aromatic rings. The van der Waals surface area contributed by atoms with Crippen LogP contribution in [0, 0.1) is 5.92 Å². The van der Waals surface area contributed by atoms with Crippen LogP contribution >= 0.6 is 0 Å². The fourth-order valence-corrected chi connectivity index (χ4v) is 4.08. The van der Waals surface area contributed by atoms with Crippen LogP contribution in [-0.2, 0) is 9.53 Å². The number of hydrogen-bond acceptors (Lipinski definition) is 5. The minimum atomic E-state index is 0.0471. The van der Waals surface area contributed by atoms with E-state index in [0.717, 1.165) is 54.6 Å². The summed E-state index contributed by atoms with van der Waals surface area (Å²) < 4.78 is 5.45. The van der Waals surface area contributed by atoms with E-state index >= 15 is 0 Å². The molecule has 144 valence electrons. The fourth-order valence-electron chi connectivity index (χ4n) is 4.08. The smallest absolute Gasteiger partial charge is 0.247 e. The van der Waals surface area contributed by atoms with Crippen LogP contribution in [0.1, 0.15) is 19.3 Å². The Morgan fingerprint density at radius 3 is 3.00 bits per heavy atom. The van der Waals surface area contributed by atoms with Gasteiger partial charge in [0.25, 0.3) is 0 Å². The lowest BCUT2D eigenvalue weighted by molar-refractivity contribution is -0.117. The largest absolute Gasteiger partial charge is 0.381 e. The highest BCUT2D eigenvalue weighted by Crippen LogP contribution is 2.32. The van der Waals surface area contributed by atoms with Gasteiger partial charge >= 0.3 is 0 Å². The van der Waals surface area contributed by atoms with E-state index in [9.17, 15) is 4.79 Å². The van der Waals surface area contributed by atoms with Crippen molar-refractivity contribution in [1.29, 1.82) is 0 Å². The Kier molecular flexibility index (Phi) is 4.44. The first-order valence-electron chi connectivity index (χ1n) is 9.85. The van der Waals surface area contributed by atoms with E-state index in [1.165, 1.54) is 0 Å². The molecule has 28 heavy (non-hydrogen) atoms. The van der Waals surface area contributed by atoms with Crippen molar-refractivity contribution in [3.8, 4) is 11.3 Å². The van der Waals surface area contributed by atoms with Gasteiger partial charge in [-0.1, -0.05) is 12.1 Å². The summed E-state index contributed by atoms with van der Waals surface area (Å²) in [4.78, 5) is 27.1. The Morgan fingerprint density at radius 2 is 2.11 bits per heavy atom. The quantitative estimate of drug-likeness (QED) is 0.730. The molecule has 4 heterocycles. The van der Waals surface area contributed by atoms with Crippen LogP contribution < -0.4 is 10.2 Å². The molecular weight excluding hydrogens is 354 g/mol. The van der Waals surface area contributed by atoms with Crippen LogP contribution in [0.4, 0.5) is 11.6 Å². The molecule has 1 fully saturated rings. The van der Waals surface area contributed by atoms with Crippen molar-refractivity contribution >= 4 is 28.4 Å². The van der Waals surface area contributed by atoms with Crippen molar-refractivity contribution in [3.05, 3.63) is 36.7 Å². The van der Waals surface area contributed by atoms with E-state index < -0.39 is 0 Å². The maximum atomic E-state index is 12.6. The second-order valence-corrected chi connectivity index (χ2v) is 7.42. The average molecular weight is 377 g/mol. The van der Waals surface area contributed by atoms with Crippen LogP contribution in [0.3, 0.4) is 0 Å². The van der Waals surface area contributed by atoms with Crippen molar-refractivity contribution in [2.24, 2.45) is 5.92 Å². The molecule has 2 aliphatic rings. The lowest BCUT2D eigenvalue weighted by atomic mass is 9.96. The number of nitrogens with zero attached hydrogens (tertiary/aromatic N) is 3. The summed E-state index contributed by atoms with van der Waals surface area (Å²) in [6, 6.07) is 8.12. The van der Waals surface area contributed by atoms with Gasteiger partial charge in [0.05, 0.1) is 18.4 Å². The first-order chi connectivity index (χ1) is 13.8. The number of aromatic amines is 1. The molecule has 1 aromatic carbocycles. The average Bonchev–Trinajstić information content (AvgIpc) is 3.22. The zero-order chi connectivity index (χ0) is 18.9. The molecule has 0 aliphatic carbocycles. The van der Waals surface area contributed by atoms with Gasteiger partial charge in [-0.3, -0.25) is 9.69 Å². The van der Waals surface area contributed by atoms with E-state index in [0.29, 0.717) is 24.1 Å². The molecule has 1 saturated heterocycles. The van der Waals surface area contributed by atoms with Gasteiger partial charge in [-0.2, -0.15) is 0 Å². The highest BCUT2D eigenvalue weighted by Gasteiger charge is 2.28. The van der Waals surface area contributed by atoms with Gasteiger partial charge in [0, 0.05) is 42.4 Å². The Hall–Kier alpha value is -2.93. The molecule has 0 unspecified atom stereocenters. The van der Waals surface area contributed by atoms with Crippen molar-refractivity contribution in [1.82, 2.24) is 15.0 Å². The maximum absolute atomic E-state index is 12.6. The number of aromatic nitrogens is 3. The van der Waals surface area contributed by atoms with E-state index in [-0.39, 0.29) is 12.5 Å². The molecule has 2 aliphatic heterocycles. The lowest BCUT2D eigenvalue weighted by Crippen LogP contribution is -2.42. The molecule has 0 atom stereocenters. The minimum Gasteiger partial charge on any atom is -0.381 e. The number of ether oxygens (including phenoxy) is 1. The molecule has 7 heteroatoms. The number of carbonyl (C=O) groups excluding carboxylic acids is 1. The normalized spacial score (nSPS) is 17.6. The number of nitrogens with one attached hydrogen (secondary N) is 2. The number of rotatable bonds is 4. The van der Waals surface area contributed by atoms with E-state index in [1.54, 1.807) is 11.1 Å². The van der Waals surface area contributed by atoms with Gasteiger partial charge in [0.2, 0.25) is 5.91 Å². The number of H-pyrrole nitrogens is 1. The SMILES string of the molecule is O=C1CNc2ncc(-c3cccc4[nH]ccc34)nc2N1CCC1CCOCC1. The zero-order valence-electron chi connectivity index (χ0n) is 15.6. The number of hydrogen-bond donors (Lipinski definition) is 2. The third-order valence-corrected chi connectivity index (χ3v) is 5.69. The summed E-state index contributed by atoms with van der Waals surface area (Å²) in [5, 5.41) is 4.20. The molecule has 0 spiro atoms. The highest BCUT2D eigenvalue weighted by molar-refractivity contribution is 6.01. The first-order valence-corrected chi connectivity index (χ1v) is 9.85. The van der Waals surface area contributed by atoms with E-state index in [1.807, 2.05) is 30.5 Å². The highest BCUT2D eigenvalue weighted by atomic mass is 16.5. The maximum Gasteiger partial charge on any atom is 0.247 e. The summed E-state index contributed by atoms with van der Waals surface area (Å²) in [7, 11) is 0. The number of carbonyl (C=O) groups is 1. The molecule has 0 bridgehead atoms. The number of anilines is 2. The van der Waals surface area contributed by atoms with Crippen molar-refractivity contribution < 1.29 is 9.53 Å². The summed E-state index contributed by atoms with van der Waals surface area (Å²) in [6.07, 6.45) is 6.79. The standard InChI is InChI=1S/C21H23N5O2/c27-19-13-24-20-21(26(19)9-5-14-6-10-28-11-7-14)25-18(12-23-20)15-2-1-3-17-16(15)4-8-22-17/h1-4,8,12,14,22H,5-7,9-11,13H2,(H,23,24). The van der Waals surface area contributed by atoms with Crippen LogP contribution in [0.5, 0.6) is 0 Å². The predicted molar refractivity (Wildman–Crippen MR) is 108 cm³/mol. The summed E-state index contributed by atoms with van der Waals surface area (Å²) in [5.41, 5.74) is 2.84. The van der Waals surface area contributed by atoms with Crippen LogP contribution in [0.15, 0.2) is 36.7 Å². The predicted octanol–water partition coefficient (Wildman–Crippen LogP) is 3.20. The van der Waals surface area contributed by atoms with Crippen LogP contribution in [-0.4, -0.2) is 47.2 Å². The van der Waals surface area contributed by atoms with Gasteiger partial charge in [-0.25, -0.2) is 9.97 Å². The lowest BCUT2D eigenvalue weighted by Gasteiger charge is -2.30. The summed E-state index contributed by atoms with van der Waals surface area (Å²) >= 11 is 0. The second-order valence-electron chi connectivity index (χ2n) is 7.42. The molecular formula is C21H23N5O2. The Labute approximate surface area is 163 Å². The summed E-state index contributed by atoms with van der Waals surface area (Å²) in [6.45, 7) is 2.58. The Bertz CT molecular complexity index is 1010. The van der Waals surface area contributed by atoms with Crippen LogP contribution in [0.25, 0.3) is 22.2 Å². The van der Waals surface area contributed by atoms with Crippen molar-refractivity contribution in [2.45, 2.75) is 19.3 Å². The molecule has 1 amide bonds. The first kappa shape index (κ1) is 17.2. The second kappa shape index (κ2) is 7.24. The fraction of sp³-hybridized carbons (Fsp3) is 0.381. The third-order valence-electron chi connectivity index (χ3n) is 5.69. The molecule has 0 radical (unpaired) electrons. The monoisotopic (exact) mass is 377 g/mol. The summed E-state index contributed by atoms with van der Waals surface area (Å²) in [5.74, 6) is 1.96. The topological polar surface area (TPSA) is 83.1 Å². The van der Waals surface area contributed by atoms with Gasteiger partial charge < -0.3 is 15.0 Å². The van der Waals surface area contributed by atoms with E-state index in [4.69, 9.17) is 9.72 Å². The molecule has 2 aromatic heterocycles. The van der Waals surface area contributed by atoms with Crippen LogP contribution in [0.2, 0.25) is 0 Å². The molecule has 0 saturated carbocycles. The van der Waals surface area contributed by atoms with Gasteiger partial charge in [-0.15, -0.1) is 0 Å². The van der Waals surface area contributed by atoms with Gasteiger partial charge in [0.1, 0.15) is 0 Å². The number of amides is 1. The van der Waals surface area contributed by atoms with Crippen molar-refractivity contribution in [2.75, 3.05) is 36.5 Å². The Balaban J connectivity index is 1.47. The third kappa shape index (κ3) is 3.11. The molecule has 2 N–H and O–H groups in total. The minimum absolute atomic E-state index is 0.0471. The molecule has 5 rings (SSSR count). The molecule has 7 nitrogen and oxygen atoms in total. The Morgan fingerprint density at radius 1 is 1.21 bits per heavy atom. The van der Waals surface area contributed by atoms with E-state index in [2.05, 4.69) is 15.3 Å². The van der Waals surface area contributed by atoms with Crippen molar-refractivity contribution in [3.63, 3.8) is 0 Å². The number of benzene rings is 1. The van der Waals surface area contributed by atoms with Gasteiger partial charge in [-0.05, 0) is 37.3 Å². The zero-order valence-corrected chi connectivity index (χ0v) is 15.6.